The minimum atomic E-state index is -4.46. The maximum atomic E-state index is 13.1. The quantitative estimate of drug-likeness (QED) is 0.210. The smallest absolute Gasteiger partial charge is 0.339 e. The lowest BCUT2D eigenvalue weighted by Gasteiger charge is -2.22. The monoisotopic (exact) mass is 496 g/mol. The topological polar surface area (TPSA) is 149 Å². The van der Waals surface area contributed by atoms with E-state index in [9.17, 15) is 29.0 Å². The molecule has 0 bridgehead atoms. The van der Waals surface area contributed by atoms with Crippen LogP contribution in [0.5, 0.6) is 0 Å². The number of para-hydroxylation sites is 1. The van der Waals surface area contributed by atoms with Gasteiger partial charge in [-0.3, -0.25) is 14.7 Å². The zero-order chi connectivity index (χ0) is 25.0. The fourth-order valence-electron chi connectivity index (χ4n) is 3.94. The molecular weight excluding hydrogens is 471 g/mol. The van der Waals surface area contributed by atoms with Gasteiger partial charge in [-0.05, 0) is 29.7 Å². The average Bonchev–Trinajstić information content (AvgIpc) is 3.19. The van der Waals surface area contributed by atoms with Gasteiger partial charge < -0.3 is 24.6 Å². The first-order valence-corrected chi connectivity index (χ1v) is 12.7. The minimum Gasteiger partial charge on any atom is -0.480 e. The number of carboxylic acid groups (broad SMARTS) is 1. The number of rotatable bonds is 10. The van der Waals surface area contributed by atoms with Gasteiger partial charge in [0.1, 0.15) is 17.2 Å². The summed E-state index contributed by atoms with van der Waals surface area (Å²) in [6.07, 6.45) is -0.594. The number of hydrogen-bond donors (Lipinski definition) is 5. The van der Waals surface area contributed by atoms with Crippen molar-refractivity contribution in [3.8, 4) is 0 Å². The Hall–Kier alpha value is -3.49. The Morgan fingerprint density at radius 1 is 0.829 bits per heavy atom. The van der Waals surface area contributed by atoms with E-state index in [1.165, 1.54) is 0 Å². The molecule has 0 aliphatic carbocycles. The maximum absolute atomic E-state index is 13.1. The van der Waals surface area contributed by atoms with Crippen LogP contribution in [0.3, 0.4) is 0 Å². The molecule has 1 unspecified atom stereocenters. The number of carbonyl (C=O) groups excluding carboxylic acids is 1. The molecule has 1 aromatic heterocycles. The SMILES string of the molecule is O=C(O)C(Cc1ccccc1)NC(=O)[C@H](Cc1ccc2c(c1)oc1ccccc12)NCP(=O)(O)O. The van der Waals surface area contributed by atoms with Crippen LogP contribution in [-0.4, -0.2) is 45.1 Å². The molecule has 35 heavy (non-hydrogen) atoms. The van der Waals surface area contributed by atoms with Crippen LogP contribution < -0.4 is 10.6 Å². The van der Waals surface area contributed by atoms with Gasteiger partial charge in [0.2, 0.25) is 5.91 Å². The normalized spacial score (nSPS) is 13.5. The third-order valence-electron chi connectivity index (χ3n) is 5.64. The fourth-order valence-corrected chi connectivity index (χ4v) is 4.40. The maximum Gasteiger partial charge on any atom is 0.339 e. The third-order valence-corrected chi connectivity index (χ3v) is 6.23. The van der Waals surface area contributed by atoms with Crippen molar-refractivity contribution in [2.75, 3.05) is 6.29 Å². The molecule has 1 heterocycles. The summed E-state index contributed by atoms with van der Waals surface area (Å²) >= 11 is 0. The summed E-state index contributed by atoms with van der Waals surface area (Å²) in [6, 6.07) is 19.6. The van der Waals surface area contributed by atoms with E-state index in [4.69, 9.17) is 4.42 Å². The van der Waals surface area contributed by atoms with E-state index in [1.54, 1.807) is 36.4 Å². The second kappa shape index (κ2) is 10.4. The van der Waals surface area contributed by atoms with Crippen LogP contribution in [0.2, 0.25) is 0 Å². The van der Waals surface area contributed by atoms with Crippen molar-refractivity contribution in [1.82, 2.24) is 10.6 Å². The third kappa shape index (κ3) is 6.35. The van der Waals surface area contributed by atoms with Crippen molar-refractivity contribution in [2.45, 2.75) is 24.9 Å². The number of nitrogens with one attached hydrogen (secondary N) is 2. The largest absolute Gasteiger partial charge is 0.480 e. The molecule has 4 aromatic rings. The van der Waals surface area contributed by atoms with Crippen molar-refractivity contribution < 1.29 is 33.5 Å². The first-order chi connectivity index (χ1) is 16.7. The molecule has 2 atom stereocenters. The fraction of sp³-hybridized carbons (Fsp3) is 0.200. The molecule has 1 amide bonds. The average molecular weight is 496 g/mol. The molecule has 3 aromatic carbocycles. The highest BCUT2D eigenvalue weighted by Crippen LogP contribution is 2.33. The van der Waals surface area contributed by atoms with Crippen molar-refractivity contribution in [2.24, 2.45) is 0 Å². The Bertz CT molecular complexity index is 1400. The highest BCUT2D eigenvalue weighted by atomic mass is 31.2. The zero-order valence-electron chi connectivity index (χ0n) is 18.6. The van der Waals surface area contributed by atoms with Crippen molar-refractivity contribution in [3.05, 3.63) is 83.9 Å². The van der Waals surface area contributed by atoms with Gasteiger partial charge in [0.15, 0.2) is 0 Å². The van der Waals surface area contributed by atoms with E-state index in [0.717, 1.165) is 21.9 Å². The Morgan fingerprint density at radius 3 is 2.20 bits per heavy atom. The van der Waals surface area contributed by atoms with Crippen molar-refractivity contribution >= 4 is 41.4 Å². The molecule has 9 nitrogen and oxygen atoms in total. The zero-order valence-corrected chi connectivity index (χ0v) is 19.5. The molecule has 0 fully saturated rings. The molecular formula is C25H25N2O7P. The summed E-state index contributed by atoms with van der Waals surface area (Å²) in [4.78, 5) is 43.5. The number of fused-ring (bicyclic) bond motifs is 3. The molecule has 0 aliphatic rings. The number of aliphatic carboxylic acids is 1. The van der Waals surface area contributed by atoms with Crippen LogP contribution in [0.15, 0.2) is 77.2 Å². The first-order valence-electron chi connectivity index (χ1n) is 10.9. The molecule has 0 radical (unpaired) electrons. The summed E-state index contributed by atoms with van der Waals surface area (Å²) < 4.78 is 17.3. The van der Waals surface area contributed by atoms with Gasteiger partial charge in [-0.25, -0.2) is 4.79 Å². The van der Waals surface area contributed by atoms with Gasteiger partial charge in [-0.1, -0.05) is 60.7 Å². The lowest BCUT2D eigenvalue weighted by atomic mass is 10.0. The van der Waals surface area contributed by atoms with Crippen LogP contribution in [0.4, 0.5) is 0 Å². The highest BCUT2D eigenvalue weighted by Gasteiger charge is 2.27. The van der Waals surface area contributed by atoms with E-state index in [2.05, 4.69) is 10.6 Å². The molecule has 182 valence electrons. The molecule has 0 aliphatic heterocycles. The second-order valence-electron chi connectivity index (χ2n) is 8.30. The van der Waals surface area contributed by atoms with Gasteiger partial charge in [-0.15, -0.1) is 0 Å². The van der Waals surface area contributed by atoms with Gasteiger partial charge in [0.25, 0.3) is 0 Å². The number of benzene rings is 3. The summed E-state index contributed by atoms with van der Waals surface area (Å²) in [5.41, 5.74) is 2.75. The van der Waals surface area contributed by atoms with Crippen LogP contribution in [0.25, 0.3) is 21.9 Å². The molecule has 0 saturated carbocycles. The van der Waals surface area contributed by atoms with Gasteiger partial charge in [0.05, 0.1) is 12.3 Å². The van der Waals surface area contributed by atoms with Gasteiger partial charge in [-0.2, -0.15) is 0 Å². The molecule has 5 N–H and O–H groups in total. The standard InChI is InChI=1S/C25H25N2O7P/c28-24(27-21(25(29)30)12-16-6-2-1-3-7-16)20(26-15-35(31,32)33)13-17-10-11-19-18-8-4-5-9-22(18)34-23(19)14-17/h1-11,14,20-21,26H,12-13,15H2,(H,27,28)(H,29,30)(H2,31,32,33)/t20-,21?/m0/s1. The number of carbonyl (C=O) groups is 2. The lowest BCUT2D eigenvalue weighted by Crippen LogP contribution is -2.52. The van der Waals surface area contributed by atoms with Crippen LogP contribution >= 0.6 is 7.60 Å². The van der Waals surface area contributed by atoms with Crippen LogP contribution in [-0.2, 0) is 27.0 Å². The predicted octanol–water partition coefficient (Wildman–Crippen LogP) is 3.03. The van der Waals surface area contributed by atoms with E-state index < -0.39 is 37.8 Å². The number of furan rings is 1. The summed E-state index contributed by atoms with van der Waals surface area (Å²) in [5, 5.41) is 16.6. The Morgan fingerprint density at radius 2 is 1.49 bits per heavy atom. The molecule has 10 heteroatoms. The second-order valence-corrected chi connectivity index (χ2v) is 9.95. The van der Waals surface area contributed by atoms with Crippen LogP contribution in [0.1, 0.15) is 11.1 Å². The van der Waals surface area contributed by atoms with E-state index >= 15 is 0 Å². The molecule has 4 rings (SSSR count). The summed E-state index contributed by atoms with van der Waals surface area (Å²) in [7, 11) is -4.46. The Kier molecular flexibility index (Phi) is 7.33. The Labute approximate surface area is 200 Å². The minimum absolute atomic E-state index is 0.0660. The molecule has 0 spiro atoms. The first kappa shape index (κ1) is 24.6. The molecule has 0 saturated heterocycles. The van der Waals surface area contributed by atoms with Gasteiger partial charge >= 0.3 is 13.6 Å². The van der Waals surface area contributed by atoms with Crippen LogP contribution in [0, 0.1) is 0 Å². The summed E-state index contributed by atoms with van der Waals surface area (Å²) in [6.45, 7) is 0. The summed E-state index contributed by atoms with van der Waals surface area (Å²) in [5.74, 6) is -1.88. The van der Waals surface area contributed by atoms with E-state index in [0.29, 0.717) is 11.1 Å². The van der Waals surface area contributed by atoms with E-state index in [1.807, 2.05) is 36.4 Å². The Balaban J connectivity index is 1.55. The number of amides is 1. The highest BCUT2D eigenvalue weighted by molar-refractivity contribution is 7.51. The van der Waals surface area contributed by atoms with Crippen molar-refractivity contribution in [1.29, 1.82) is 0 Å². The van der Waals surface area contributed by atoms with Gasteiger partial charge in [0, 0.05) is 17.2 Å². The lowest BCUT2D eigenvalue weighted by molar-refractivity contribution is -0.142. The van der Waals surface area contributed by atoms with E-state index in [-0.39, 0.29) is 12.8 Å². The van der Waals surface area contributed by atoms with Crippen molar-refractivity contribution in [3.63, 3.8) is 0 Å². The predicted molar refractivity (Wildman–Crippen MR) is 131 cm³/mol. The number of carboxylic acids is 1. The number of hydrogen-bond acceptors (Lipinski definition) is 5.